The van der Waals surface area contributed by atoms with Gasteiger partial charge in [-0.2, -0.15) is 0 Å². The van der Waals surface area contributed by atoms with Gasteiger partial charge in [-0.05, 0) is 50.1 Å². The van der Waals surface area contributed by atoms with Crippen molar-refractivity contribution in [3.8, 4) is 23.1 Å². The second kappa shape index (κ2) is 8.03. The third-order valence-electron chi connectivity index (χ3n) is 5.11. The number of rotatable bonds is 3. The van der Waals surface area contributed by atoms with Gasteiger partial charge in [-0.1, -0.05) is 11.8 Å². The van der Waals surface area contributed by atoms with Crippen LogP contribution >= 0.6 is 0 Å². The molecule has 1 aliphatic rings. The summed E-state index contributed by atoms with van der Waals surface area (Å²) in [6.07, 6.45) is 3.44. The van der Waals surface area contributed by atoms with E-state index in [-0.39, 0.29) is 23.5 Å². The Morgan fingerprint density at radius 3 is 2.61 bits per heavy atom. The number of nitrogen functional groups attached to an aromatic ring is 2. The number of hydrogen-bond donors (Lipinski definition) is 2. The number of carbonyl (C=O) groups is 1. The molecule has 1 fully saturated rings. The predicted octanol–water partition coefficient (Wildman–Crippen LogP) is 2.78. The summed E-state index contributed by atoms with van der Waals surface area (Å²) in [6.45, 7) is 1.77. The minimum absolute atomic E-state index is 0.0108. The Bertz CT molecular complexity index is 1230. The van der Waals surface area contributed by atoms with Gasteiger partial charge < -0.3 is 16.4 Å². The standard InChI is InChI=1S/C23H21FN6O/c1-13-17(8-3-14-4-10-20(25)27-12-14)21(29-23(26)28-13)15-5-9-19(24)18(11-15)22(31)30(2)16-6-7-16/h4-5,9-12,16H,6-7H2,1-2H3,(H2,25,27)(H2,26,28,29). The number of nitrogens with zero attached hydrogens (tertiary/aromatic N) is 4. The minimum atomic E-state index is -0.583. The highest BCUT2D eigenvalue weighted by Gasteiger charge is 2.31. The minimum Gasteiger partial charge on any atom is -0.384 e. The van der Waals surface area contributed by atoms with Gasteiger partial charge in [0.2, 0.25) is 5.95 Å². The molecule has 2 aromatic heterocycles. The summed E-state index contributed by atoms with van der Waals surface area (Å²) in [5.41, 5.74) is 14.2. The summed E-state index contributed by atoms with van der Waals surface area (Å²) < 4.78 is 14.5. The predicted molar refractivity (Wildman–Crippen MR) is 116 cm³/mol. The van der Waals surface area contributed by atoms with Crippen LogP contribution in [0.3, 0.4) is 0 Å². The molecule has 31 heavy (non-hydrogen) atoms. The Balaban J connectivity index is 1.78. The van der Waals surface area contributed by atoms with Crippen LogP contribution in [0, 0.1) is 24.6 Å². The first-order valence-electron chi connectivity index (χ1n) is 9.78. The van der Waals surface area contributed by atoms with E-state index in [1.165, 1.54) is 12.1 Å². The number of halogens is 1. The number of pyridine rings is 1. The van der Waals surface area contributed by atoms with E-state index in [0.29, 0.717) is 33.9 Å². The van der Waals surface area contributed by atoms with Crippen LogP contribution in [-0.4, -0.2) is 38.8 Å². The molecule has 1 aromatic carbocycles. The lowest BCUT2D eigenvalue weighted by Crippen LogP contribution is -2.29. The molecule has 0 radical (unpaired) electrons. The molecule has 0 bridgehead atoms. The van der Waals surface area contributed by atoms with Crippen LogP contribution < -0.4 is 11.5 Å². The van der Waals surface area contributed by atoms with E-state index >= 15 is 0 Å². The number of amides is 1. The molecular formula is C23H21FN6O. The highest BCUT2D eigenvalue weighted by molar-refractivity contribution is 5.96. The lowest BCUT2D eigenvalue weighted by molar-refractivity contribution is 0.0780. The number of anilines is 2. The van der Waals surface area contributed by atoms with Gasteiger partial charge >= 0.3 is 0 Å². The first-order chi connectivity index (χ1) is 14.8. The first-order valence-corrected chi connectivity index (χ1v) is 9.78. The number of aromatic nitrogens is 3. The van der Waals surface area contributed by atoms with Gasteiger partial charge in [-0.15, -0.1) is 0 Å². The second-order valence-corrected chi connectivity index (χ2v) is 7.45. The van der Waals surface area contributed by atoms with Gasteiger partial charge in [0.1, 0.15) is 11.6 Å². The fourth-order valence-electron chi connectivity index (χ4n) is 3.22. The van der Waals surface area contributed by atoms with Crippen molar-refractivity contribution >= 4 is 17.7 Å². The Morgan fingerprint density at radius 2 is 1.94 bits per heavy atom. The summed E-state index contributed by atoms with van der Waals surface area (Å²) in [5.74, 6) is 5.59. The van der Waals surface area contributed by atoms with Gasteiger partial charge in [-0.25, -0.2) is 19.3 Å². The molecule has 8 heteroatoms. The Morgan fingerprint density at radius 1 is 1.16 bits per heavy atom. The van der Waals surface area contributed by atoms with Crippen LogP contribution in [0.5, 0.6) is 0 Å². The van der Waals surface area contributed by atoms with Crippen molar-refractivity contribution in [2.45, 2.75) is 25.8 Å². The Labute approximate surface area is 179 Å². The number of benzene rings is 1. The van der Waals surface area contributed by atoms with Gasteiger partial charge in [-0.3, -0.25) is 4.79 Å². The maximum Gasteiger partial charge on any atom is 0.256 e. The SMILES string of the molecule is Cc1nc(N)nc(-c2ccc(F)c(C(=O)N(C)C3CC3)c2)c1C#Cc1ccc(N)nc1. The van der Waals surface area contributed by atoms with Gasteiger partial charge in [0.05, 0.1) is 22.5 Å². The summed E-state index contributed by atoms with van der Waals surface area (Å²) in [5, 5.41) is 0. The molecule has 4 rings (SSSR count). The lowest BCUT2D eigenvalue weighted by atomic mass is 10.0. The first kappa shape index (κ1) is 20.3. The zero-order valence-electron chi connectivity index (χ0n) is 17.2. The van der Waals surface area contributed by atoms with Crippen molar-refractivity contribution in [2.24, 2.45) is 0 Å². The molecule has 1 saturated carbocycles. The molecule has 0 aliphatic heterocycles. The fourth-order valence-corrected chi connectivity index (χ4v) is 3.22. The van der Waals surface area contributed by atoms with E-state index in [1.54, 1.807) is 43.3 Å². The topological polar surface area (TPSA) is 111 Å². The molecular weight excluding hydrogens is 395 g/mol. The maximum absolute atomic E-state index is 14.5. The molecule has 0 unspecified atom stereocenters. The Kier molecular flexibility index (Phi) is 5.26. The van der Waals surface area contributed by atoms with Crippen molar-refractivity contribution in [2.75, 3.05) is 18.5 Å². The van der Waals surface area contributed by atoms with Crippen LogP contribution in [0.1, 0.15) is 40.0 Å². The lowest BCUT2D eigenvalue weighted by Gasteiger charge is -2.17. The summed E-state index contributed by atoms with van der Waals surface area (Å²) in [7, 11) is 1.69. The highest BCUT2D eigenvalue weighted by Crippen LogP contribution is 2.30. The van der Waals surface area contributed by atoms with Crippen molar-refractivity contribution in [1.82, 2.24) is 19.9 Å². The molecule has 0 saturated heterocycles. The molecule has 4 N–H and O–H groups in total. The van der Waals surface area contributed by atoms with Gasteiger partial charge in [0.25, 0.3) is 5.91 Å². The van der Waals surface area contributed by atoms with E-state index in [4.69, 9.17) is 11.5 Å². The van der Waals surface area contributed by atoms with Crippen molar-refractivity contribution in [3.05, 3.63) is 64.7 Å². The van der Waals surface area contributed by atoms with Crippen LogP contribution in [0.2, 0.25) is 0 Å². The van der Waals surface area contributed by atoms with Crippen LogP contribution in [0.15, 0.2) is 36.5 Å². The molecule has 1 amide bonds. The zero-order valence-corrected chi connectivity index (χ0v) is 17.2. The fraction of sp³-hybridized carbons (Fsp3) is 0.217. The van der Waals surface area contributed by atoms with E-state index in [2.05, 4.69) is 26.8 Å². The number of nitrogens with two attached hydrogens (primary N) is 2. The molecule has 0 atom stereocenters. The number of carbonyl (C=O) groups excluding carboxylic acids is 1. The highest BCUT2D eigenvalue weighted by atomic mass is 19.1. The van der Waals surface area contributed by atoms with Crippen molar-refractivity contribution in [1.29, 1.82) is 0 Å². The zero-order chi connectivity index (χ0) is 22.1. The summed E-state index contributed by atoms with van der Waals surface area (Å²) >= 11 is 0. The molecule has 156 valence electrons. The smallest absolute Gasteiger partial charge is 0.256 e. The normalized spacial score (nSPS) is 12.7. The van der Waals surface area contributed by atoms with E-state index in [0.717, 1.165) is 12.8 Å². The van der Waals surface area contributed by atoms with Crippen LogP contribution in [0.25, 0.3) is 11.3 Å². The van der Waals surface area contributed by atoms with E-state index in [1.807, 2.05) is 0 Å². The average molecular weight is 416 g/mol. The summed E-state index contributed by atoms with van der Waals surface area (Å²) in [6, 6.07) is 7.89. The number of aryl methyl sites for hydroxylation is 1. The molecule has 7 nitrogen and oxygen atoms in total. The molecule has 2 heterocycles. The average Bonchev–Trinajstić information content (AvgIpc) is 3.58. The molecule has 0 spiro atoms. The van der Waals surface area contributed by atoms with Crippen molar-refractivity contribution < 1.29 is 9.18 Å². The van der Waals surface area contributed by atoms with Crippen LogP contribution in [-0.2, 0) is 0 Å². The summed E-state index contributed by atoms with van der Waals surface area (Å²) in [4.78, 5) is 26.9. The second-order valence-electron chi connectivity index (χ2n) is 7.45. The van der Waals surface area contributed by atoms with Crippen molar-refractivity contribution in [3.63, 3.8) is 0 Å². The van der Waals surface area contributed by atoms with Crippen LogP contribution in [0.4, 0.5) is 16.2 Å². The monoisotopic (exact) mass is 416 g/mol. The van der Waals surface area contributed by atoms with Gasteiger partial charge in [0, 0.05) is 30.4 Å². The maximum atomic E-state index is 14.5. The van der Waals surface area contributed by atoms with E-state index < -0.39 is 5.82 Å². The largest absolute Gasteiger partial charge is 0.384 e. The third-order valence-corrected chi connectivity index (χ3v) is 5.11. The number of hydrogen-bond acceptors (Lipinski definition) is 6. The Hall–Kier alpha value is -3.99. The van der Waals surface area contributed by atoms with E-state index in [9.17, 15) is 9.18 Å². The molecule has 3 aromatic rings. The third kappa shape index (κ3) is 4.31. The van der Waals surface area contributed by atoms with Gasteiger partial charge in [0.15, 0.2) is 0 Å². The molecule has 1 aliphatic carbocycles. The quantitative estimate of drug-likeness (QED) is 0.635.